The first-order chi connectivity index (χ1) is 5.47. The first kappa shape index (κ1) is 6.64. The molecule has 2 rings (SSSR count). The molecule has 0 bridgehead atoms. The second-order valence-corrected chi connectivity index (χ2v) is 2.84. The highest BCUT2D eigenvalue weighted by molar-refractivity contribution is 4.86. The van der Waals surface area contributed by atoms with Crippen molar-refractivity contribution in [3.8, 4) is 0 Å². The van der Waals surface area contributed by atoms with Crippen molar-refractivity contribution in [3.63, 3.8) is 0 Å². The Morgan fingerprint density at radius 2 is 1.91 bits per heavy atom. The summed E-state index contributed by atoms with van der Waals surface area (Å²) < 4.78 is 0. The molecular formula is C7H12N4. The van der Waals surface area contributed by atoms with Crippen LogP contribution in [0.3, 0.4) is 0 Å². The highest BCUT2D eigenvalue weighted by Gasteiger charge is 2.09. The minimum absolute atomic E-state index is 1.11. The van der Waals surface area contributed by atoms with Crippen LogP contribution in [0.4, 0.5) is 0 Å². The summed E-state index contributed by atoms with van der Waals surface area (Å²) in [4.78, 5) is 1.83. The Hall–Kier alpha value is -1.06. The summed E-state index contributed by atoms with van der Waals surface area (Å²) in [5.74, 6) is 0. The average Bonchev–Trinajstić information content (AvgIpc) is 2.58. The summed E-state index contributed by atoms with van der Waals surface area (Å²) in [7, 11) is 0. The van der Waals surface area contributed by atoms with E-state index >= 15 is 0 Å². The quantitative estimate of drug-likeness (QED) is 0.584. The lowest BCUT2D eigenvalue weighted by atomic mass is 10.2. The fourth-order valence-electron chi connectivity index (χ4n) is 1.43. The van der Waals surface area contributed by atoms with Gasteiger partial charge >= 0.3 is 0 Å². The summed E-state index contributed by atoms with van der Waals surface area (Å²) in [6, 6.07) is 0. The summed E-state index contributed by atoms with van der Waals surface area (Å²) in [5.41, 5.74) is 0. The largest absolute Gasteiger partial charge is 0.296 e. The van der Waals surface area contributed by atoms with E-state index in [1.807, 2.05) is 11.0 Å². The predicted molar refractivity (Wildman–Crippen MR) is 41.8 cm³/mol. The average molecular weight is 152 g/mol. The molecule has 0 N–H and O–H groups in total. The topological polar surface area (TPSA) is 34.0 Å². The standard InChI is InChI=1S/C7H12N4/c1-2-5-10(6-3-1)11-7-4-8-9-11/h4,7H,1-3,5-6H2. The maximum atomic E-state index is 3.93. The molecule has 0 aliphatic carbocycles. The van der Waals surface area contributed by atoms with E-state index in [2.05, 4.69) is 15.3 Å². The Labute approximate surface area is 65.8 Å². The smallest absolute Gasteiger partial charge is 0.0715 e. The SMILES string of the molecule is c1cn(N2CCCCC2)nn1. The summed E-state index contributed by atoms with van der Waals surface area (Å²) in [5, 5.41) is 9.92. The zero-order chi connectivity index (χ0) is 7.52. The molecule has 1 aliphatic rings. The van der Waals surface area contributed by atoms with E-state index in [-0.39, 0.29) is 0 Å². The van der Waals surface area contributed by atoms with Crippen LogP contribution in [0.2, 0.25) is 0 Å². The Bertz CT molecular complexity index is 200. The van der Waals surface area contributed by atoms with Crippen LogP contribution in [-0.2, 0) is 0 Å². The number of piperidine rings is 1. The first-order valence-corrected chi connectivity index (χ1v) is 4.08. The van der Waals surface area contributed by atoms with E-state index in [4.69, 9.17) is 0 Å². The van der Waals surface area contributed by atoms with Crippen molar-refractivity contribution >= 4 is 0 Å². The molecule has 0 radical (unpaired) electrons. The van der Waals surface area contributed by atoms with Crippen molar-refractivity contribution in [2.45, 2.75) is 19.3 Å². The second kappa shape index (κ2) is 2.90. The summed E-state index contributed by atoms with van der Waals surface area (Å²) in [6.45, 7) is 2.23. The normalized spacial score (nSPS) is 18.7. The van der Waals surface area contributed by atoms with Crippen LogP contribution in [0.15, 0.2) is 12.4 Å². The van der Waals surface area contributed by atoms with Gasteiger partial charge in [0.15, 0.2) is 0 Å². The molecule has 11 heavy (non-hydrogen) atoms. The molecular weight excluding hydrogens is 140 g/mol. The monoisotopic (exact) mass is 152 g/mol. The molecule has 0 unspecified atom stereocenters. The summed E-state index contributed by atoms with van der Waals surface area (Å²) in [6.07, 6.45) is 7.52. The molecule has 0 saturated carbocycles. The second-order valence-electron chi connectivity index (χ2n) is 2.84. The van der Waals surface area contributed by atoms with Gasteiger partial charge in [0.25, 0.3) is 0 Å². The molecule has 0 aromatic carbocycles. The number of hydrogen-bond acceptors (Lipinski definition) is 3. The van der Waals surface area contributed by atoms with Crippen molar-refractivity contribution in [1.82, 2.24) is 15.1 Å². The van der Waals surface area contributed by atoms with E-state index < -0.39 is 0 Å². The highest BCUT2D eigenvalue weighted by Crippen LogP contribution is 2.06. The van der Waals surface area contributed by atoms with E-state index in [1.54, 1.807) is 6.20 Å². The van der Waals surface area contributed by atoms with Crippen molar-refractivity contribution in [2.24, 2.45) is 0 Å². The maximum absolute atomic E-state index is 3.93. The van der Waals surface area contributed by atoms with Gasteiger partial charge < -0.3 is 0 Å². The highest BCUT2D eigenvalue weighted by atomic mass is 15.7. The van der Waals surface area contributed by atoms with Crippen molar-refractivity contribution in [2.75, 3.05) is 18.1 Å². The van der Waals surface area contributed by atoms with Crippen LogP contribution in [0.5, 0.6) is 0 Å². The number of nitrogens with zero attached hydrogens (tertiary/aromatic N) is 4. The lowest BCUT2D eigenvalue weighted by Crippen LogP contribution is -2.39. The van der Waals surface area contributed by atoms with E-state index in [1.165, 1.54) is 19.3 Å². The fourth-order valence-corrected chi connectivity index (χ4v) is 1.43. The van der Waals surface area contributed by atoms with Gasteiger partial charge in [0.2, 0.25) is 0 Å². The molecule has 0 amide bonds. The van der Waals surface area contributed by atoms with Crippen LogP contribution in [0, 0.1) is 0 Å². The predicted octanol–water partition coefficient (Wildman–Crippen LogP) is 0.400. The van der Waals surface area contributed by atoms with Gasteiger partial charge in [-0.05, 0) is 24.5 Å². The third-order valence-corrected chi connectivity index (χ3v) is 2.03. The molecule has 1 aliphatic heterocycles. The van der Waals surface area contributed by atoms with E-state index in [0.29, 0.717) is 0 Å². The van der Waals surface area contributed by atoms with Crippen molar-refractivity contribution in [1.29, 1.82) is 0 Å². The number of hydrogen-bond donors (Lipinski definition) is 0. The molecule has 1 aromatic rings. The lowest BCUT2D eigenvalue weighted by molar-refractivity contribution is 0.441. The lowest BCUT2D eigenvalue weighted by Gasteiger charge is -2.27. The van der Waals surface area contributed by atoms with Crippen LogP contribution < -0.4 is 5.01 Å². The molecule has 1 saturated heterocycles. The van der Waals surface area contributed by atoms with Crippen LogP contribution in [0.1, 0.15) is 19.3 Å². The van der Waals surface area contributed by atoms with Gasteiger partial charge in [-0.15, -0.1) is 5.10 Å². The number of rotatable bonds is 1. The third kappa shape index (κ3) is 1.34. The van der Waals surface area contributed by atoms with Crippen LogP contribution in [-0.4, -0.2) is 28.2 Å². The minimum Gasteiger partial charge on any atom is -0.296 e. The molecule has 1 aromatic heterocycles. The molecule has 1 fully saturated rings. The van der Waals surface area contributed by atoms with Gasteiger partial charge in [-0.2, -0.15) is 4.79 Å². The molecule has 4 nitrogen and oxygen atoms in total. The Balaban J connectivity index is 2.04. The first-order valence-electron chi connectivity index (χ1n) is 4.08. The molecule has 4 heteroatoms. The van der Waals surface area contributed by atoms with Crippen LogP contribution >= 0.6 is 0 Å². The molecule has 0 atom stereocenters. The van der Waals surface area contributed by atoms with Gasteiger partial charge in [-0.1, -0.05) is 0 Å². The molecule has 0 spiro atoms. The Kier molecular flexibility index (Phi) is 1.75. The van der Waals surface area contributed by atoms with E-state index in [0.717, 1.165) is 13.1 Å². The third-order valence-electron chi connectivity index (χ3n) is 2.03. The zero-order valence-electron chi connectivity index (χ0n) is 6.48. The van der Waals surface area contributed by atoms with E-state index in [9.17, 15) is 0 Å². The zero-order valence-corrected chi connectivity index (χ0v) is 6.48. The molecule has 60 valence electrons. The number of aromatic nitrogens is 3. The fraction of sp³-hybridized carbons (Fsp3) is 0.714. The van der Waals surface area contributed by atoms with Gasteiger partial charge in [0.05, 0.1) is 12.4 Å². The molecule has 2 heterocycles. The van der Waals surface area contributed by atoms with Gasteiger partial charge in [0.1, 0.15) is 0 Å². The van der Waals surface area contributed by atoms with Gasteiger partial charge in [-0.25, -0.2) is 0 Å². The summed E-state index contributed by atoms with van der Waals surface area (Å²) >= 11 is 0. The van der Waals surface area contributed by atoms with Crippen molar-refractivity contribution < 1.29 is 0 Å². The Morgan fingerprint density at radius 1 is 1.09 bits per heavy atom. The Morgan fingerprint density at radius 3 is 2.55 bits per heavy atom. The van der Waals surface area contributed by atoms with Gasteiger partial charge in [0, 0.05) is 13.1 Å². The van der Waals surface area contributed by atoms with Crippen molar-refractivity contribution in [3.05, 3.63) is 12.4 Å². The maximum Gasteiger partial charge on any atom is 0.0715 e. The van der Waals surface area contributed by atoms with Gasteiger partial charge in [-0.3, -0.25) is 5.01 Å². The minimum atomic E-state index is 1.11. The van der Waals surface area contributed by atoms with Crippen LogP contribution in [0.25, 0.3) is 0 Å².